The van der Waals surface area contributed by atoms with Crippen LogP contribution in [0.15, 0.2) is 37.1 Å². The minimum Gasteiger partial charge on any atom is -0.356 e. The van der Waals surface area contributed by atoms with E-state index in [4.69, 9.17) is 0 Å². The van der Waals surface area contributed by atoms with Crippen molar-refractivity contribution < 1.29 is 18.0 Å². The van der Waals surface area contributed by atoms with Crippen LogP contribution in [0.25, 0.3) is 0 Å². The first-order valence-corrected chi connectivity index (χ1v) is 9.94. The molecule has 1 saturated heterocycles. The zero-order valence-corrected chi connectivity index (χ0v) is 16.0. The van der Waals surface area contributed by atoms with Gasteiger partial charge in [-0.3, -0.25) is 4.79 Å². The molecule has 4 rings (SSSR count). The van der Waals surface area contributed by atoms with Crippen molar-refractivity contribution in [3.05, 3.63) is 42.6 Å². The van der Waals surface area contributed by atoms with E-state index in [0.29, 0.717) is 25.6 Å². The van der Waals surface area contributed by atoms with Gasteiger partial charge in [0.05, 0.1) is 11.9 Å². The molecule has 2 aromatic rings. The summed E-state index contributed by atoms with van der Waals surface area (Å²) in [4.78, 5) is 22.2. The van der Waals surface area contributed by atoms with Crippen LogP contribution in [0.3, 0.4) is 0 Å². The lowest BCUT2D eigenvalue weighted by Gasteiger charge is -2.50. The largest absolute Gasteiger partial charge is 0.419 e. The number of anilines is 1. The highest BCUT2D eigenvalue weighted by Crippen LogP contribution is 2.47. The fourth-order valence-corrected chi connectivity index (χ4v) is 4.47. The molecule has 3 heterocycles. The number of halogens is 3. The molecule has 2 aliphatic rings. The lowest BCUT2D eigenvalue weighted by atomic mass is 9.61. The molecule has 6 nitrogen and oxygen atoms in total. The number of nitrogens with one attached hydrogen (secondary N) is 1. The number of hydrogen-bond donors (Lipinski definition) is 1. The zero-order valence-electron chi connectivity index (χ0n) is 16.0. The number of rotatable bonds is 6. The Morgan fingerprint density at radius 3 is 2.93 bits per heavy atom. The van der Waals surface area contributed by atoms with Gasteiger partial charge in [-0.25, -0.2) is 9.97 Å². The first-order valence-electron chi connectivity index (χ1n) is 9.94. The lowest BCUT2D eigenvalue weighted by Crippen LogP contribution is -2.55. The van der Waals surface area contributed by atoms with Gasteiger partial charge >= 0.3 is 6.18 Å². The molecule has 0 aromatic carbocycles. The van der Waals surface area contributed by atoms with E-state index < -0.39 is 11.7 Å². The van der Waals surface area contributed by atoms with Gasteiger partial charge in [0.25, 0.3) is 0 Å². The molecule has 3 atom stereocenters. The Balaban J connectivity index is 1.33. The predicted octanol–water partition coefficient (Wildman–Crippen LogP) is 2.97. The quantitative estimate of drug-likeness (QED) is 0.748. The van der Waals surface area contributed by atoms with Crippen molar-refractivity contribution in [3.8, 4) is 0 Å². The molecule has 0 radical (unpaired) electrons. The molecule has 1 amide bonds. The zero-order chi connectivity index (χ0) is 20.4. The number of piperidine rings is 1. The molecule has 0 bridgehead atoms. The number of pyridine rings is 1. The smallest absolute Gasteiger partial charge is 0.356 e. The number of imidazole rings is 1. The molecule has 0 spiro atoms. The molecule has 9 heteroatoms. The standard InChI is InChI=1S/C20H24F3N5O/c21-20(22,23)17-3-1-5-25-18(17)28-9-4-14-11-15(16(14)12-28)19(29)26-6-2-8-27-10-7-24-13-27/h1,3,5,7,10,13-16H,2,4,6,8-9,11-12H2,(H,26,29)/t14-,15-,16-/m1/s1. The number of amides is 1. The van der Waals surface area contributed by atoms with Crippen LogP contribution < -0.4 is 10.2 Å². The van der Waals surface area contributed by atoms with Gasteiger partial charge in [-0.05, 0) is 43.2 Å². The van der Waals surface area contributed by atoms with Crippen molar-refractivity contribution in [2.75, 3.05) is 24.5 Å². The number of aromatic nitrogens is 3. The number of aryl methyl sites for hydroxylation is 1. The highest BCUT2D eigenvalue weighted by atomic mass is 19.4. The molecule has 1 N–H and O–H groups in total. The summed E-state index contributed by atoms with van der Waals surface area (Å²) < 4.78 is 42.0. The van der Waals surface area contributed by atoms with Crippen LogP contribution in [-0.2, 0) is 17.5 Å². The molecule has 156 valence electrons. The van der Waals surface area contributed by atoms with E-state index in [2.05, 4.69) is 15.3 Å². The summed E-state index contributed by atoms with van der Waals surface area (Å²) in [5.74, 6) is 0.348. The number of nitrogens with zero attached hydrogens (tertiary/aromatic N) is 4. The molecule has 1 aliphatic carbocycles. The van der Waals surface area contributed by atoms with Crippen LogP contribution >= 0.6 is 0 Å². The summed E-state index contributed by atoms with van der Waals surface area (Å²) in [7, 11) is 0. The number of hydrogen-bond acceptors (Lipinski definition) is 4. The summed E-state index contributed by atoms with van der Waals surface area (Å²) in [6.45, 7) is 2.34. The molecule has 1 saturated carbocycles. The van der Waals surface area contributed by atoms with E-state index in [-0.39, 0.29) is 23.6 Å². The summed E-state index contributed by atoms with van der Waals surface area (Å²) in [6, 6.07) is 2.38. The minimum absolute atomic E-state index is 0.01000. The normalized spacial score (nSPS) is 24.0. The Bertz CT molecular complexity index is 839. The van der Waals surface area contributed by atoms with Gasteiger partial charge in [-0.1, -0.05) is 0 Å². The van der Waals surface area contributed by atoms with E-state index in [1.807, 2.05) is 10.8 Å². The molecule has 2 fully saturated rings. The third kappa shape index (κ3) is 4.23. The predicted molar refractivity (Wildman–Crippen MR) is 101 cm³/mol. The summed E-state index contributed by atoms with van der Waals surface area (Å²) in [5, 5.41) is 2.98. The van der Waals surface area contributed by atoms with Crippen molar-refractivity contribution in [2.24, 2.45) is 17.8 Å². The van der Waals surface area contributed by atoms with Crippen molar-refractivity contribution in [1.29, 1.82) is 0 Å². The highest BCUT2D eigenvalue weighted by Gasteiger charge is 2.48. The van der Waals surface area contributed by atoms with Crippen molar-refractivity contribution in [2.45, 2.75) is 32.0 Å². The monoisotopic (exact) mass is 407 g/mol. The maximum Gasteiger partial charge on any atom is 0.419 e. The Morgan fingerprint density at radius 2 is 2.17 bits per heavy atom. The van der Waals surface area contributed by atoms with Crippen LogP contribution in [-0.4, -0.2) is 40.1 Å². The Morgan fingerprint density at radius 1 is 1.31 bits per heavy atom. The Labute approximate surface area is 167 Å². The highest BCUT2D eigenvalue weighted by molar-refractivity contribution is 5.80. The van der Waals surface area contributed by atoms with Gasteiger partial charge < -0.3 is 14.8 Å². The SMILES string of the molecule is O=C(NCCCn1ccnc1)[C@@H]1C[C@H]2CCN(c3ncccc3C(F)(F)F)C[C@H]21. The number of carbonyl (C=O) groups is 1. The minimum atomic E-state index is -4.44. The van der Waals surface area contributed by atoms with E-state index in [0.717, 1.165) is 31.9 Å². The van der Waals surface area contributed by atoms with Crippen LogP contribution in [0.2, 0.25) is 0 Å². The fraction of sp³-hybridized carbons (Fsp3) is 0.550. The first-order chi connectivity index (χ1) is 13.9. The summed E-state index contributed by atoms with van der Waals surface area (Å²) in [6.07, 6.45) is 4.70. The first kappa shape index (κ1) is 19.7. The second-order valence-corrected chi connectivity index (χ2v) is 7.82. The number of alkyl halides is 3. The van der Waals surface area contributed by atoms with Gasteiger partial charge in [0.2, 0.25) is 5.91 Å². The molecule has 1 aliphatic heterocycles. The van der Waals surface area contributed by atoms with Gasteiger partial charge in [-0.15, -0.1) is 0 Å². The average Bonchev–Trinajstić information content (AvgIpc) is 3.19. The maximum absolute atomic E-state index is 13.3. The van der Waals surface area contributed by atoms with Gasteiger partial charge in [0.1, 0.15) is 5.82 Å². The lowest BCUT2D eigenvalue weighted by molar-refractivity contribution is -0.138. The number of fused-ring (bicyclic) bond motifs is 1. The topological polar surface area (TPSA) is 63.1 Å². The van der Waals surface area contributed by atoms with E-state index in [1.165, 1.54) is 12.3 Å². The second-order valence-electron chi connectivity index (χ2n) is 7.82. The summed E-state index contributed by atoms with van der Waals surface area (Å²) in [5.41, 5.74) is -0.710. The Hall–Kier alpha value is -2.58. The Kier molecular flexibility index (Phi) is 5.47. The molecule has 29 heavy (non-hydrogen) atoms. The third-order valence-electron chi connectivity index (χ3n) is 6.06. The molecule has 2 aromatic heterocycles. The van der Waals surface area contributed by atoms with E-state index in [9.17, 15) is 18.0 Å². The average molecular weight is 407 g/mol. The summed E-state index contributed by atoms with van der Waals surface area (Å²) >= 11 is 0. The van der Waals surface area contributed by atoms with Crippen molar-refractivity contribution in [1.82, 2.24) is 19.9 Å². The van der Waals surface area contributed by atoms with E-state index in [1.54, 1.807) is 17.4 Å². The van der Waals surface area contributed by atoms with Crippen molar-refractivity contribution in [3.63, 3.8) is 0 Å². The van der Waals surface area contributed by atoms with Gasteiger partial charge in [0, 0.05) is 50.7 Å². The van der Waals surface area contributed by atoms with Crippen LogP contribution in [0.1, 0.15) is 24.8 Å². The maximum atomic E-state index is 13.3. The number of carbonyl (C=O) groups excluding carboxylic acids is 1. The third-order valence-corrected chi connectivity index (χ3v) is 6.06. The molecule has 0 unspecified atom stereocenters. The molecular formula is C20H24F3N5O. The van der Waals surface area contributed by atoms with Crippen LogP contribution in [0.4, 0.5) is 19.0 Å². The van der Waals surface area contributed by atoms with Crippen LogP contribution in [0, 0.1) is 17.8 Å². The second kappa shape index (κ2) is 8.04. The van der Waals surface area contributed by atoms with Crippen LogP contribution in [0.5, 0.6) is 0 Å². The molecular weight excluding hydrogens is 383 g/mol. The van der Waals surface area contributed by atoms with Gasteiger partial charge in [0.15, 0.2) is 0 Å². The fourth-order valence-electron chi connectivity index (χ4n) is 4.47. The van der Waals surface area contributed by atoms with E-state index >= 15 is 0 Å². The van der Waals surface area contributed by atoms with Crippen molar-refractivity contribution >= 4 is 11.7 Å². The van der Waals surface area contributed by atoms with Gasteiger partial charge in [-0.2, -0.15) is 13.2 Å².